The molecule has 1 N–H and O–H groups in total. The van der Waals surface area contributed by atoms with E-state index in [9.17, 15) is 13.2 Å². The first-order valence-electron chi connectivity index (χ1n) is 6.10. The predicted octanol–water partition coefficient (Wildman–Crippen LogP) is 4.13. The van der Waals surface area contributed by atoms with Gasteiger partial charge >= 0.3 is 6.18 Å². The number of rotatable bonds is 4. The molecule has 0 spiro atoms. The van der Waals surface area contributed by atoms with Gasteiger partial charge in [-0.25, -0.2) is 4.98 Å². The summed E-state index contributed by atoms with van der Waals surface area (Å²) >= 11 is 5.89. The molecule has 7 heteroatoms. The molecule has 1 rings (SSSR count). The van der Waals surface area contributed by atoms with E-state index in [4.69, 9.17) is 11.6 Å². The lowest BCUT2D eigenvalue weighted by molar-refractivity contribution is -0.154. The molecule has 0 saturated heterocycles. The molecule has 1 heterocycles. The molecule has 0 aliphatic rings. The Morgan fingerprint density at radius 2 is 1.95 bits per heavy atom. The average Bonchev–Trinajstić information content (AvgIpc) is 2.23. The molecule has 0 aromatic carbocycles. The third-order valence-electron chi connectivity index (χ3n) is 2.35. The van der Waals surface area contributed by atoms with Crippen molar-refractivity contribution in [1.29, 1.82) is 0 Å². The Hall–Kier alpha value is -1.01. The Balaban J connectivity index is 2.77. The second-order valence-electron chi connectivity index (χ2n) is 5.58. The van der Waals surface area contributed by atoms with Crippen molar-refractivity contribution in [3.05, 3.63) is 22.8 Å². The van der Waals surface area contributed by atoms with E-state index in [1.807, 2.05) is 27.7 Å². The van der Waals surface area contributed by atoms with Crippen molar-refractivity contribution in [2.24, 2.45) is 0 Å². The van der Waals surface area contributed by atoms with Crippen LogP contribution in [0.3, 0.4) is 0 Å². The van der Waals surface area contributed by atoms with E-state index in [-0.39, 0.29) is 22.5 Å². The maximum atomic E-state index is 12.1. The van der Waals surface area contributed by atoms with Crippen molar-refractivity contribution in [3.63, 3.8) is 0 Å². The van der Waals surface area contributed by atoms with Gasteiger partial charge in [-0.3, -0.25) is 0 Å². The number of ether oxygens (including phenoxy) is 1. The third-order valence-corrected chi connectivity index (χ3v) is 2.62. The maximum Gasteiger partial charge on any atom is 0.422 e. The van der Waals surface area contributed by atoms with Crippen LogP contribution in [0.25, 0.3) is 0 Å². The first kappa shape index (κ1) is 17.0. The van der Waals surface area contributed by atoms with E-state index in [1.54, 1.807) is 6.07 Å². The Bertz CT molecular complexity index is 458. The first-order chi connectivity index (χ1) is 8.98. The standard InChI is InChI=1S/C13H18ClF3N2O/c1-8(19-12(2,3)4)9-5-10(14)11(18-6-9)20-7-13(15,16)17/h5-6,8,19H,7H2,1-4H3. The zero-order valence-corrected chi connectivity index (χ0v) is 12.6. The zero-order chi connectivity index (χ0) is 15.6. The Kier molecular flexibility index (Phi) is 5.27. The molecule has 1 atom stereocenters. The van der Waals surface area contributed by atoms with Crippen LogP contribution in [0.15, 0.2) is 12.3 Å². The molecule has 0 aliphatic carbocycles. The summed E-state index contributed by atoms with van der Waals surface area (Å²) in [6, 6.07) is 1.53. The van der Waals surface area contributed by atoms with E-state index < -0.39 is 12.8 Å². The van der Waals surface area contributed by atoms with Crippen molar-refractivity contribution in [3.8, 4) is 5.88 Å². The van der Waals surface area contributed by atoms with E-state index in [0.717, 1.165) is 5.56 Å². The molecule has 1 aromatic heterocycles. The van der Waals surface area contributed by atoms with Crippen molar-refractivity contribution < 1.29 is 17.9 Å². The summed E-state index contributed by atoms with van der Waals surface area (Å²) in [4.78, 5) is 3.84. The minimum atomic E-state index is -4.41. The normalized spacial score (nSPS) is 14.2. The molecule has 1 aromatic rings. The third kappa shape index (κ3) is 5.96. The molecule has 3 nitrogen and oxygen atoms in total. The molecule has 0 saturated carbocycles. The minimum absolute atomic E-state index is 0.0309. The topological polar surface area (TPSA) is 34.2 Å². The highest BCUT2D eigenvalue weighted by Crippen LogP contribution is 2.27. The van der Waals surface area contributed by atoms with Crippen molar-refractivity contribution in [2.75, 3.05) is 6.61 Å². The maximum absolute atomic E-state index is 12.1. The highest BCUT2D eigenvalue weighted by molar-refractivity contribution is 6.31. The number of aromatic nitrogens is 1. The first-order valence-corrected chi connectivity index (χ1v) is 6.48. The predicted molar refractivity (Wildman–Crippen MR) is 72.1 cm³/mol. The van der Waals surface area contributed by atoms with Crippen LogP contribution in [0.1, 0.15) is 39.3 Å². The number of nitrogens with one attached hydrogen (secondary N) is 1. The smallest absolute Gasteiger partial charge is 0.422 e. The monoisotopic (exact) mass is 310 g/mol. The van der Waals surface area contributed by atoms with Crippen LogP contribution >= 0.6 is 11.6 Å². The summed E-state index contributed by atoms with van der Waals surface area (Å²) in [5.41, 5.74) is 0.682. The molecular weight excluding hydrogens is 293 g/mol. The van der Waals surface area contributed by atoms with Gasteiger partial charge < -0.3 is 10.1 Å². The van der Waals surface area contributed by atoms with Gasteiger partial charge in [-0.15, -0.1) is 0 Å². The molecular formula is C13H18ClF3N2O. The van der Waals surface area contributed by atoms with Crippen LogP contribution in [-0.2, 0) is 0 Å². The van der Waals surface area contributed by atoms with Gasteiger partial charge in [0.15, 0.2) is 6.61 Å². The number of hydrogen-bond donors (Lipinski definition) is 1. The largest absolute Gasteiger partial charge is 0.467 e. The SMILES string of the molecule is CC(NC(C)(C)C)c1cnc(OCC(F)(F)F)c(Cl)c1. The number of alkyl halides is 3. The van der Waals surface area contributed by atoms with Gasteiger partial charge in [0.1, 0.15) is 5.02 Å². The lowest BCUT2D eigenvalue weighted by Crippen LogP contribution is -2.37. The van der Waals surface area contributed by atoms with E-state index >= 15 is 0 Å². The van der Waals surface area contributed by atoms with Crippen LogP contribution in [0, 0.1) is 0 Å². The summed E-state index contributed by atoms with van der Waals surface area (Å²) in [7, 11) is 0. The molecule has 0 aliphatic heterocycles. The fourth-order valence-corrected chi connectivity index (χ4v) is 1.90. The molecule has 114 valence electrons. The summed E-state index contributed by atoms with van der Waals surface area (Å²) in [5.74, 6) is -0.212. The van der Waals surface area contributed by atoms with Gasteiger partial charge in [0.25, 0.3) is 0 Å². The Labute approximate surface area is 121 Å². The summed E-state index contributed by atoms with van der Waals surface area (Å²) in [5, 5.41) is 3.38. The number of nitrogens with zero attached hydrogens (tertiary/aromatic N) is 1. The van der Waals surface area contributed by atoms with Gasteiger partial charge in [0, 0.05) is 17.8 Å². The number of hydrogen-bond acceptors (Lipinski definition) is 3. The summed E-state index contributed by atoms with van der Waals surface area (Å²) < 4.78 is 40.7. The molecule has 0 amide bonds. The fourth-order valence-electron chi connectivity index (χ4n) is 1.67. The lowest BCUT2D eigenvalue weighted by Gasteiger charge is -2.26. The van der Waals surface area contributed by atoms with Gasteiger partial charge in [0.2, 0.25) is 5.88 Å². The zero-order valence-electron chi connectivity index (χ0n) is 11.8. The highest BCUT2D eigenvalue weighted by atomic mass is 35.5. The van der Waals surface area contributed by atoms with E-state index in [2.05, 4.69) is 15.0 Å². The van der Waals surface area contributed by atoms with Crippen LogP contribution in [0.5, 0.6) is 5.88 Å². The molecule has 1 unspecified atom stereocenters. The second kappa shape index (κ2) is 6.18. The van der Waals surface area contributed by atoms with Crippen LogP contribution < -0.4 is 10.1 Å². The summed E-state index contributed by atoms with van der Waals surface area (Å²) in [6.07, 6.45) is -2.95. The van der Waals surface area contributed by atoms with E-state index in [0.29, 0.717) is 0 Å². The summed E-state index contributed by atoms with van der Waals surface area (Å²) in [6.45, 7) is 6.56. The van der Waals surface area contributed by atoms with Crippen LogP contribution in [0.2, 0.25) is 5.02 Å². The van der Waals surface area contributed by atoms with Gasteiger partial charge in [0.05, 0.1) is 0 Å². The van der Waals surface area contributed by atoms with Gasteiger partial charge in [-0.1, -0.05) is 11.6 Å². The number of pyridine rings is 1. The Morgan fingerprint density at radius 1 is 1.35 bits per heavy atom. The Morgan fingerprint density at radius 3 is 2.40 bits per heavy atom. The van der Waals surface area contributed by atoms with Crippen LogP contribution in [-0.4, -0.2) is 23.3 Å². The fraction of sp³-hybridized carbons (Fsp3) is 0.615. The minimum Gasteiger partial charge on any atom is -0.467 e. The highest BCUT2D eigenvalue weighted by Gasteiger charge is 2.29. The van der Waals surface area contributed by atoms with Gasteiger partial charge in [-0.2, -0.15) is 13.2 Å². The van der Waals surface area contributed by atoms with Crippen molar-refractivity contribution >= 4 is 11.6 Å². The van der Waals surface area contributed by atoms with Crippen molar-refractivity contribution in [2.45, 2.75) is 45.5 Å². The second-order valence-corrected chi connectivity index (χ2v) is 5.98. The lowest BCUT2D eigenvalue weighted by atomic mass is 10.0. The molecule has 20 heavy (non-hydrogen) atoms. The van der Waals surface area contributed by atoms with E-state index in [1.165, 1.54) is 6.20 Å². The molecule has 0 radical (unpaired) electrons. The molecule has 0 fully saturated rings. The quantitative estimate of drug-likeness (QED) is 0.908. The molecule has 0 bridgehead atoms. The van der Waals surface area contributed by atoms with Crippen LogP contribution in [0.4, 0.5) is 13.2 Å². The van der Waals surface area contributed by atoms with Crippen molar-refractivity contribution in [1.82, 2.24) is 10.3 Å². The van der Waals surface area contributed by atoms with Gasteiger partial charge in [-0.05, 0) is 39.3 Å². The average molecular weight is 311 g/mol. The number of halogens is 4.